The molecule has 1 aromatic carbocycles. The Kier molecular flexibility index (Phi) is 3.21. The zero-order chi connectivity index (χ0) is 11.5. The van der Waals surface area contributed by atoms with Gasteiger partial charge in [-0.3, -0.25) is 4.79 Å². The maximum atomic E-state index is 11.1. The molecule has 0 aliphatic carbocycles. The van der Waals surface area contributed by atoms with Crippen LogP contribution in [-0.4, -0.2) is 27.6 Å². The maximum absolute atomic E-state index is 11.1. The Morgan fingerprint density at radius 3 is 2.20 bits per heavy atom. The number of rotatable bonds is 4. The van der Waals surface area contributed by atoms with Crippen molar-refractivity contribution < 1.29 is 19.8 Å². The Balaban J connectivity index is 2.95. The van der Waals surface area contributed by atoms with E-state index < -0.39 is 17.4 Å². The molecule has 1 aromatic rings. The highest BCUT2D eigenvalue weighted by Crippen LogP contribution is 2.15. The van der Waals surface area contributed by atoms with Gasteiger partial charge in [-0.1, -0.05) is 30.3 Å². The molecule has 0 saturated heterocycles. The summed E-state index contributed by atoms with van der Waals surface area (Å²) in [6.07, 6.45) is -0.210. The van der Waals surface area contributed by atoms with Crippen LogP contribution in [0.25, 0.3) is 0 Å². The average molecular weight is 208 g/mol. The first-order chi connectivity index (χ1) is 6.97. The molecule has 0 radical (unpaired) electrons. The minimum atomic E-state index is -2.32. The van der Waals surface area contributed by atoms with Gasteiger partial charge in [0.15, 0.2) is 5.78 Å². The number of ketones is 1. The van der Waals surface area contributed by atoms with Crippen LogP contribution in [0.1, 0.15) is 12.5 Å². The van der Waals surface area contributed by atoms with Gasteiger partial charge in [-0.25, -0.2) is 4.79 Å². The molecule has 2 N–H and O–H groups in total. The molecule has 0 heterocycles. The van der Waals surface area contributed by atoms with E-state index in [1.807, 2.05) is 0 Å². The van der Waals surface area contributed by atoms with Crippen molar-refractivity contribution in [1.29, 1.82) is 0 Å². The lowest BCUT2D eigenvalue weighted by atomic mass is 9.91. The van der Waals surface area contributed by atoms with Crippen molar-refractivity contribution in [3.05, 3.63) is 35.9 Å². The van der Waals surface area contributed by atoms with Gasteiger partial charge in [-0.05, 0) is 12.5 Å². The lowest BCUT2D eigenvalue weighted by Crippen LogP contribution is -2.47. The molecule has 1 atom stereocenters. The van der Waals surface area contributed by atoms with E-state index in [1.165, 1.54) is 0 Å². The Morgan fingerprint density at radius 1 is 1.27 bits per heavy atom. The van der Waals surface area contributed by atoms with E-state index in [0.717, 1.165) is 6.92 Å². The number of carboxylic acids is 1. The summed E-state index contributed by atoms with van der Waals surface area (Å²) >= 11 is 0. The third kappa shape index (κ3) is 2.41. The van der Waals surface area contributed by atoms with E-state index in [0.29, 0.717) is 5.56 Å². The van der Waals surface area contributed by atoms with Crippen LogP contribution in [0.3, 0.4) is 0 Å². The first kappa shape index (κ1) is 11.4. The van der Waals surface area contributed by atoms with Gasteiger partial charge in [0, 0.05) is 6.42 Å². The largest absolute Gasteiger partial charge is 0.479 e. The van der Waals surface area contributed by atoms with Crippen LogP contribution >= 0.6 is 0 Å². The molecule has 0 aliphatic rings. The van der Waals surface area contributed by atoms with Gasteiger partial charge in [0.05, 0.1) is 0 Å². The first-order valence-corrected chi connectivity index (χ1v) is 4.47. The van der Waals surface area contributed by atoms with Crippen molar-refractivity contribution in [3.63, 3.8) is 0 Å². The van der Waals surface area contributed by atoms with Crippen LogP contribution in [-0.2, 0) is 16.0 Å². The number of hydrogen-bond donors (Lipinski definition) is 2. The average Bonchev–Trinajstić information content (AvgIpc) is 2.18. The number of benzene rings is 1. The molecular weight excluding hydrogens is 196 g/mol. The van der Waals surface area contributed by atoms with Crippen molar-refractivity contribution in [3.8, 4) is 0 Å². The molecular formula is C11H12O4. The molecule has 0 saturated carbocycles. The van der Waals surface area contributed by atoms with Crippen LogP contribution in [0.4, 0.5) is 0 Å². The smallest absolute Gasteiger partial charge is 0.343 e. The van der Waals surface area contributed by atoms with Gasteiger partial charge in [-0.15, -0.1) is 0 Å². The summed E-state index contributed by atoms with van der Waals surface area (Å²) in [4.78, 5) is 21.9. The SMILES string of the molecule is CC(=O)C(O)(Cc1ccccc1)C(=O)O. The molecule has 1 unspecified atom stereocenters. The summed E-state index contributed by atoms with van der Waals surface area (Å²) in [5.74, 6) is -2.28. The van der Waals surface area contributed by atoms with Crippen molar-refractivity contribution in [2.45, 2.75) is 18.9 Å². The van der Waals surface area contributed by atoms with Crippen LogP contribution in [0.2, 0.25) is 0 Å². The Hall–Kier alpha value is -1.68. The van der Waals surface area contributed by atoms with Crippen molar-refractivity contribution in [1.82, 2.24) is 0 Å². The normalized spacial score (nSPS) is 14.3. The third-order valence-corrected chi connectivity index (χ3v) is 2.24. The molecule has 1 rings (SSSR count). The van der Waals surface area contributed by atoms with Crippen LogP contribution in [0.15, 0.2) is 30.3 Å². The molecule has 0 aromatic heterocycles. The van der Waals surface area contributed by atoms with E-state index in [9.17, 15) is 14.7 Å². The third-order valence-electron chi connectivity index (χ3n) is 2.24. The molecule has 4 heteroatoms. The number of carboxylic acid groups (broad SMARTS) is 1. The maximum Gasteiger partial charge on any atom is 0.343 e. The van der Waals surface area contributed by atoms with Gasteiger partial charge >= 0.3 is 5.97 Å². The lowest BCUT2D eigenvalue weighted by Gasteiger charge is -2.19. The Bertz CT molecular complexity index is 355. The van der Waals surface area contributed by atoms with E-state index in [-0.39, 0.29) is 6.42 Å². The van der Waals surface area contributed by atoms with E-state index in [4.69, 9.17) is 5.11 Å². The quantitative estimate of drug-likeness (QED) is 0.712. The topological polar surface area (TPSA) is 74.6 Å². The molecule has 0 aliphatic heterocycles. The Morgan fingerprint density at radius 2 is 1.80 bits per heavy atom. The number of aliphatic hydroxyl groups is 1. The molecule has 0 spiro atoms. The summed E-state index contributed by atoms with van der Waals surface area (Å²) in [5.41, 5.74) is -1.71. The molecule has 0 fully saturated rings. The summed E-state index contributed by atoms with van der Waals surface area (Å²) in [6, 6.07) is 8.54. The zero-order valence-electron chi connectivity index (χ0n) is 8.30. The minimum absolute atomic E-state index is 0.210. The van der Waals surface area contributed by atoms with Gasteiger partial charge < -0.3 is 10.2 Å². The number of hydrogen-bond acceptors (Lipinski definition) is 3. The van der Waals surface area contributed by atoms with Gasteiger partial charge in [-0.2, -0.15) is 0 Å². The zero-order valence-corrected chi connectivity index (χ0v) is 8.30. The van der Waals surface area contributed by atoms with E-state index >= 15 is 0 Å². The van der Waals surface area contributed by atoms with Crippen molar-refractivity contribution in [2.75, 3.05) is 0 Å². The Labute approximate surface area is 87.2 Å². The second kappa shape index (κ2) is 4.23. The van der Waals surface area contributed by atoms with Crippen LogP contribution < -0.4 is 0 Å². The second-order valence-corrected chi connectivity index (χ2v) is 3.38. The van der Waals surface area contributed by atoms with E-state index in [2.05, 4.69) is 0 Å². The molecule has 4 nitrogen and oxygen atoms in total. The van der Waals surface area contributed by atoms with Gasteiger partial charge in [0.1, 0.15) is 0 Å². The number of Topliss-reactive ketones (excluding diaryl/α,β-unsaturated/α-hetero) is 1. The number of carbonyl (C=O) groups is 2. The summed E-state index contributed by atoms with van der Waals surface area (Å²) in [6.45, 7) is 1.07. The van der Waals surface area contributed by atoms with Crippen molar-refractivity contribution in [2.24, 2.45) is 0 Å². The van der Waals surface area contributed by atoms with Gasteiger partial charge in [0.25, 0.3) is 0 Å². The molecule has 80 valence electrons. The van der Waals surface area contributed by atoms with Gasteiger partial charge in [0.2, 0.25) is 5.60 Å². The molecule has 0 bridgehead atoms. The van der Waals surface area contributed by atoms with Crippen LogP contribution in [0.5, 0.6) is 0 Å². The van der Waals surface area contributed by atoms with Crippen molar-refractivity contribution >= 4 is 11.8 Å². The molecule has 0 amide bonds. The first-order valence-electron chi connectivity index (χ1n) is 4.47. The fraction of sp³-hybridized carbons (Fsp3) is 0.273. The predicted octanol–water partition coefficient (Wildman–Crippen LogP) is 0.634. The van der Waals surface area contributed by atoms with Crippen LogP contribution in [0, 0.1) is 0 Å². The summed E-state index contributed by atoms with van der Waals surface area (Å²) in [5, 5.41) is 18.5. The standard InChI is InChI=1S/C11H12O4/c1-8(12)11(15,10(13)14)7-9-5-3-2-4-6-9/h2-6,15H,7H2,1H3,(H,13,14). The number of aliphatic carboxylic acids is 1. The monoisotopic (exact) mass is 208 g/mol. The highest BCUT2D eigenvalue weighted by atomic mass is 16.4. The minimum Gasteiger partial charge on any atom is -0.479 e. The van der Waals surface area contributed by atoms with E-state index in [1.54, 1.807) is 30.3 Å². The second-order valence-electron chi connectivity index (χ2n) is 3.38. The fourth-order valence-electron chi connectivity index (χ4n) is 1.24. The lowest BCUT2D eigenvalue weighted by molar-refractivity contribution is -0.164. The number of carbonyl (C=O) groups excluding carboxylic acids is 1. The summed E-state index contributed by atoms with van der Waals surface area (Å²) < 4.78 is 0. The molecule has 15 heavy (non-hydrogen) atoms. The highest BCUT2D eigenvalue weighted by molar-refractivity contribution is 6.05. The summed E-state index contributed by atoms with van der Waals surface area (Å²) in [7, 11) is 0. The predicted molar refractivity (Wildman–Crippen MR) is 53.4 cm³/mol. The highest BCUT2D eigenvalue weighted by Gasteiger charge is 2.41. The fourth-order valence-corrected chi connectivity index (χ4v) is 1.24.